The Labute approximate surface area is 308 Å². The molecule has 1 saturated heterocycles. The second kappa shape index (κ2) is 26.1. The van der Waals surface area contributed by atoms with E-state index in [-0.39, 0.29) is 37.9 Å². The van der Waals surface area contributed by atoms with Crippen LogP contribution < -0.4 is 11.1 Å². The third-order valence-corrected chi connectivity index (χ3v) is 7.04. The Morgan fingerprint density at radius 1 is 0.923 bits per heavy atom. The quantitative estimate of drug-likeness (QED) is 0.115. The van der Waals surface area contributed by atoms with E-state index in [0.29, 0.717) is 49.0 Å². The van der Waals surface area contributed by atoms with Gasteiger partial charge in [-0.1, -0.05) is 100 Å². The molecule has 2 aromatic heterocycles. The van der Waals surface area contributed by atoms with Gasteiger partial charge in [0.15, 0.2) is 5.76 Å². The first-order valence-electron chi connectivity index (χ1n) is 17.2. The van der Waals surface area contributed by atoms with E-state index >= 15 is 0 Å². The van der Waals surface area contributed by atoms with Crippen molar-refractivity contribution in [1.29, 1.82) is 0 Å². The van der Waals surface area contributed by atoms with Crippen molar-refractivity contribution in [2.45, 2.75) is 53.8 Å². The van der Waals surface area contributed by atoms with Crippen LogP contribution in [-0.2, 0) is 34.0 Å². The molecule has 0 atom stereocenters. The zero-order chi connectivity index (χ0) is 38.7. The number of primary amides is 1. The number of hydrogen-bond donors (Lipinski definition) is 2. The lowest BCUT2D eigenvalue weighted by molar-refractivity contribution is -0.146. The predicted molar refractivity (Wildman–Crippen MR) is 210 cm³/mol. The van der Waals surface area contributed by atoms with Crippen molar-refractivity contribution in [2.75, 3.05) is 26.2 Å². The number of aliphatic imine (C=N–C) groups is 1. The van der Waals surface area contributed by atoms with E-state index in [9.17, 15) is 9.59 Å². The molecule has 0 spiro atoms. The van der Waals surface area contributed by atoms with Crippen molar-refractivity contribution in [1.82, 2.24) is 30.4 Å². The lowest BCUT2D eigenvalue weighted by atomic mass is 10.0. The summed E-state index contributed by atoms with van der Waals surface area (Å²) >= 11 is 0. The molecule has 2 aromatic carbocycles. The fourth-order valence-corrected chi connectivity index (χ4v) is 4.92. The van der Waals surface area contributed by atoms with Crippen LogP contribution in [0.4, 0.5) is 5.69 Å². The number of nitrogens with zero attached hydrogens (tertiary/aromatic N) is 6. The summed E-state index contributed by atoms with van der Waals surface area (Å²) in [6.07, 6.45) is 4.92. The van der Waals surface area contributed by atoms with Crippen LogP contribution in [0.15, 0.2) is 108 Å². The second-order valence-corrected chi connectivity index (χ2v) is 10.7. The van der Waals surface area contributed by atoms with Crippen LogP contribution in [0.25, 0.3) is 17.5 Å². The molecule has 278 valence electrons. The third-order valence-electron chi connectivity index (χ3n) is 7.04. The molecule has 0 radical (unpaired) electrons. The number of carbonyl (C=O) groups is 3. The highest BCUT2D eigenvalue weighted by Gasteiger charge is 2.27. The maximum absolute atomic E-state index is 13.9. The number of carbonyl (C=O) groups excluding carboxylic acids is 3. The lowest BCUT2D eigenvalue weighted by Gasteiger charge is -2.36. The van der Waals surface area contributed by atoms with Crippen molar-refractivity contribution in [3.63, 3.8) is 0 Å². The van der Waals surface area contributed by atoms with Crippen LogP contribution in [0.2, 0.25) is 0 Å². The maximum Gasteiger partial charge on any atom is 0.238 e. The van der Waals surface area contributed by atoms with E-state index in [2.05, 4.69) is 66.5 Å². The molecule has 0 bridgehead atoms. The largest absolute Gasteiger partial charge is 0.372 e. The monoisotopic (exact) mass is 710 g/mol. The molecule has 3 amide bonds. The highest BCUT2D eigenvalue weighted by molar-refractivity contribution is 5.80. The number of pyridine rings is 1. The van der Waals surface area contributed by atoms with Gasteiger partial charge in [0.25, 0.3) is 0 Å². The number of amides is 3. The molecular formula is C40H54N8O4. The molecular weight excluding hydrogens is 656 g/mol. The molecule has 0 saturated carbocycles. The number of hydrazine groups is 1. The smallest absolute Gasteiger partial charge is 0.238 e. The molecule has 0 unspecified atom stereocenters. The number of benzene rings is 2. The van der Waals surface area contributed by atoms with Crippen LogP contribution in [0.3, 0.4) is 0 Å². The average Bonchev–Trinajstić information content (AvgIpc) is 3.65. The van der Waals surface area contributed by atoms with E-state index < -0.39 is 0 Å². The summed E-state index contributed by atoms with van der Waals surface area (Å²) in [5, 5.41) is 10.9. The number of aromatic nitrogens is 2. The molecule has 3 N–H and O–H groups in total. The minimum absolute atomic E-state index is 0.0490. The van der Waals surface area contributed by atoms with Gasteiger partial charge in [0.05, 0.1) is 31.0 Å². The summed E-state index contributed by atoms with van der Waals surface area (Å²) in [5.74, 6) is 0.314. The minimum atomic E-state index is -0.156. The van der Waals surface area contributed by atoms with Gasteiger partial charge in [-0.3, -0.25) is 24.4 Å². The van der Waals surface area contributed by atoms with Gasteiger partial charge in [-0.05, 0) is 36.0 Å². The van der Waals surface area contributed by atoms with E-state index in [1.807, 2.05) is 96.7 Å². The van der Waals surface area contributed by atoms with Gasteiger partial charge in [0, 0.05) is 44.0 Å². The summed E-state index contributed by atoms with van der Waals surface area (Å²) in [6.45, 7) is 23.6. The van der Waals surface area contributed by atoms with Gasteiger partial charge in [-0.2, -0.15) is 0 Å². The topological polar surface area (TPSA) is 150 Å². The van der Waals surface area contributed by atoms with E-state index in [1.165, 1.54) is 6.42 Å². The molecule has 1 aliphatic rings. The third kappa shape index (κ3) is 14.6. The van der Waals surface area contributed by atoms with Crippen molar-refractivity contribution in [3.8, 4) is 11.4 Å². The summed E-state index contributed by atoms with van der Waals surface area (Å²) < 4.78 is 5.65. The standard InChI is InChI=1S/C32H33N7O3.C3H8.C2H6.C2H4.CH3NO/c1-3-27-25(12-9-14-28(27)33-2)20-37-17-16-35-31(40)22-39(38(23-32(37)41)19-24-10-5-4-6-11-24)21-26-18-30(36-42-26)29-13-7-8-15-34-29;1-3-2;2*1-2;2-1-3/h3-15,18H,1-2,16-17,19-23H2,(H,35,40);3H2,1-2H3;1-2H3;1-2H2;1H,(H2,2,3). The molecule has 5 rings (SSSR count). The zero-order valence-electron chi connectivity index (χ0n) is 31.0. The minimum Gasteiger partial charge on any atom is -0.372 e. The van der Waals surface area contributed by atoms with E-state index in [1.54, 1.807) is 17.2 Å². The number of nitrogens with two attached hydrogens (primary N) is 1. The van der Waals surface area contributed by atoms with Gasteiger partial charge in [0.2, 0.25) is 18.2 Å². The summed E-state index contributed by atoms with van der Waals surface area (Å²) in [7, 11) is 0. The summed E-state index contributed by atoms with van der Waals surface area (Å²) in [6, 6.07) is 22.9. The molecule has 1 fully saturated rings. The number of hydrogen-bond acceptors (Lipinski definition) is 9. The molecule has 52 heavy (non-hydrogen) atoms. The molecule has 1 aliphatic heterocycles. The Morgan fingerprint density at radius 3 is 2.19 bits per heavy atom. The Balaban J connectivity index is 0.00000123. The van der Waals surface area contributed by atoms with Gasteiger partial charge < -0.3 is 20.5 Å². The van der Waals surface area contributed by atoms with Crippen molar-refractivity contribution >= 4 is 36.7 Å². The Morgan fingerprint density at radius 2 is 1.58 bits per heavy atom. The van der Waals surface area contributed by atoms with E-state index in [0.717, 1.165) is 16.7 Å². The SMILES string of the molecule is C=C.C=Cc1c(CN2CCNC(=O)CN(Cc3cc(-c4ccccn4)no3)N(Cc3ccccc3)CC2=O)cccc1N=C.CC.CCC.NC=O. The average molecular weight is 711 g/mol. The first-order chi connectivity index (χ1) is 25.4. The Bertz CT molecular complexity index is 1630. The first-order valence-corrected chi connectivity index (χ1v) is 17.2. The molecule has 12 nitrogen and oxygen atoms in total. The van der Waals surface area contributed by atoms with Crippen LogP contribution in [-0.4, -0.2) is 76.2 Å². The Kier molecular flexibility index (Phi) is 22.3. The van der Waals surface area contributed by atoms with E-state index in [4.69, 9.17) is 9.32 Å². The molecule has 12 heteroatoms. The zero-order valence-corrected chi connectivity index (χ0v) is 31.0. The van der Waals surface area contributed by atoms with Gasteiger partial charge in [0.1, 0.15) is 5.69 Å². The van der Waals surface area contributed by atoms with Gasteiger partial charge >= 0.3 is 0 Å². The highest BCUT2D eigenvalue weighted by Crippen LogP contribution is 2.25. The fourth-order valence-electron chi connectivity index (χ4n) is 4.92. The maximum atomic E-state index is 13.9. The second-order valence-electron chi connectivity index (χ2n) is 10.7. The fraction of sp³-hybridized carbons (Fsp3) is 0.300. The first kappa shape index (κ1) is 44.3. The summed E-state index contributed by atoms with van der Waals surface area (Å²) in [5.41, 5.74) is 8.90. The van der Waals surface area contributed by atoms with Crippen LogP contribution in [0.5, 0.6) is 0 Å². The molecule has 0 aliphatic carbocycles. The normalized spacial score (nSPS) is 13.1. The number of nitrogens with one attached hydrogen (secondary N) is 1. The lowest BCUT2D eigenvalue weighted by Crippen LogP contribution is -2.53. The van der Waals surface area contributed by atoms with Crippen molar-refractivity contribution in [3.05, 3.63) is 121 Å². The highest BCUT2D eigenvalue weighted by atomic mass is 16.5. The van der Waals surface area contributed by atoms with Crippen LogP contribution in [0.1, 0.15) is 56.6 Å². The van der Waals surface area contributed by atoms with Crippen LogP contribution >= 0.6 is 0 Å². The van der Waals surface area contributed by atoms with Gasteiger partial charge in [-0.15, -0.1) is 13.2 Å². The molecule has 3 heterocycles. The summed E-state index contributed by atoms with van der Waals surface area (Å²) in [4.78, 5) is 45.8. The van der Waals surface area contributed by atoms with Crippen molar-refractivity contribution < 1.29 is 18.9 Å². The van der Waals surface area contributed by atoms with Gasteiger partial charge in [-0.25, -0.2) is 10.0 Å². The van der Waals surface area contributed by atoms with Crippen molar-refractivity contribution in [2.24, 2.45) is 10.7 Å². The Hall–Kier alpha value is -5.72. The van der Waals surface area contributed by atoms with Crippen LogP contribution in [0, 0.1) is 0 Å². The number of rotatable bonds is 9. The molecule has 4 aromatic rings. The predicted octanol–water partition coefficient (Wildman–Crippen LogP) is 6.44.